The van der Waals surface area contributed by atoms with Crippen LogP contribution in [-0.2, 0) is 0 Å². The minimum atomic E-state index is 0.554. The van der Waals surface area contributed by atoms with Crippen molar-refractivity contribution >= 4 is 11.5 Å². The van der Waals surface area contributed by atoms with E-state index in [0.29, 0.717) is 18.5 Å². The molecule has 1 atom stereocenters. The number of hydrogen-bond acceptors (Lipinski definition) is 3. The number of nitrogens with two attached hydrogens (primary N) is 1. The van der Waals surface area contributed by atoms with Gasteiger partial charge in [-0.25, -0.2) is 4.99 Å². The van der Waals surface area contributed by atoms with Gasteiger partial charge in [-0.05, 0) is 37.8 Å². The van der Waals surface area contributed by atoms with E-state index in [0.717, 1.165) is 11.5 Å². The van der Waals surface area contributed by atoms with Crippen LogP contribution in [0.2, 0.25) is 0 Å². The Morgan fingerprint density at radius 2 is 1.95 bits per heavy atom. The first-order valence-electron chi connectivity index (χ1n) is 7.43. The summed E-state index contributed by atoms with van der Waals surface area (Å²) in [6.45, 7) is 3.06. The van der Waals surface area contributed by atoms with Gasteiger partial charge < -0.3 is 10.6 Å². The highest BCUT2D eigenvalue weighted by molar-refractivity contribution is 6.03. The molecule has 1 saturated carbocycles. The highest BCUT2D eigenvalue weighted by atomic mass is 15.3. The van der Waals surface area contributed by atoms with Crippen LogP contribution in [-0.4, -0.2) is 18.5 Å². The van der Waals surface area contributed by atoms with Crippen molar-refractivity contribution in [1.82, 2.24) is 0 Å². The minimum absolute atomic E-state index is 0.554. The Morgan fingerprint density at radius 1 is 1.21 bits per heavy atom. The van der Waals surface area contributed by atoms with Gasteiger partial charge in [0.25, 0.3) is 0 Å². The third-order valence-electron chi connectivity index (χ3n) is 4.71. The SMILES string of the molecule is CC(C1CCCCC1)N1CN=C(N)c2ccccc21. The van der Waals surface area contributed by atoms with Crippen molar-refractivity contribution in [3.63, 3.8) is 0 Å². The van der Waals surface area contributed by atoms with Gasteiger partial charge in [-0.15, -0.1) is 0 Å². The van der Waals surface area contributed by atoms with Crippen LogP contribution in [0.1, 0.15) is 44.6 Å². The van der Waals surface area contributed by atoms with Gasteiger partial charge >= 0.3 is 0 Å². The van der Waals surface area contributed by atoms with Gasteiger partial charge in [0.15, 0.2) is 0 Å². The molecule has 3 heteroatoms. The van der Waals surface area contributed by atoms with E-state index in [2.05, 4.69) is 35.0 Å². The number of benzene rings is 1. The Balaban J connectivity index is 1.85. The Kier molecular flexibility index (Phi) is 3.45. The summed E-state index contributed by atoms with van der Waals surface area (Å²) in [5.41, 5.74) is 8.36. The van der Waals surface area contributed by atoms with Crippen LogP contribution in [0.15, 0.2) is 29.3 Å². The van der Waals surface area contributed by atoms with Crippen LogP contribution in [0, 0.1) is 5.92 Å². The van der Waals surface area contributed by atoms with Crippen LogP contribution >= 0.6 is 0 Å². The molecule has 0 radical (unpaired) electrons. The van der Waals surface area contributed by atoms with Crippen LogP contribution in [0.3, 0.4) is 0 Å². The molecule has 0 aromatic heterocycles. The molecule has 2 aliphatic rings. The Bertz CT molecular complexity index is 475. The molecule has 3 nitrogen and oxygen atoms in total. The third kappa shape index (κ3) is 2.34. The standard InChI is InChI=1S/C16H23N3/c1-12(13-7-3-2-4-8-13)19-11-18-16(17)14-9-5-6-10-15(14)19/h5-6,9-10,12-13H,2-4,7-8,11H2,1H3,(H2,17,18). The fraction of sp³-hybridized carbons (Fsp3) is 0.562. The number of hydrogen-bond donors (Lipinski definition) is 1. The van der Waals surface area contributed by atoms with Crippen LogP contribution in [0.25, 0.3) is 0 Å². The monoisotopic (exact) mass is 257 g/mol. The van der Waals surface area contributed by atoms with Gasteiger partial charge in [-0.3, -0.25) is 0 Å². The summed E-state index contributed by atoms with van der Waals surface area (Å²) in [4.78, 5) is 6.92. The summed E-state index contributed by atoms with van der Waals surface area (Å²) < 4.78 is 0. The number of rotatable bonds is 2. The Morgan fingerprint density at radius 3 is 2.74 bits per heavy atom. The van der Waals surface area contributed by atoms with Crippen LogP contribution < -0.4 is 10.6 Å². The average molecular weight is 257 g/mol. The fourth-order valence-electron chi connectivity index (χ4n) is 3.47. The molecule has 19 heavy (non-hydrogen) atoms. The van der Waals surface area contributed by atoms with E-state index in [-0.39, 0.29) is 0 Å². The number of fused-ring (bicyclic) bond motifs is 1. The summed E-state index contributed by atoms with van der Waals surface area (Å²) in [7, 11) is 0. The van der Waals surface area contributed by atoms with Crippen LogP contribution in [0.5, 0.6) is 0 Å². The second-order valence-corrected chi connectivity index (χ2v) is 5.81. The van der Waals surface area contributed by atoms with Crippen molar-refractivity contribution in [2.45, 2.75) is 45.1 Å². The Labute approximate surface area is 115 Å². The van der Waals surface area contributed by atoms with E-state index < -0.39 is 0 Å². The van der Waals surface area contributed by atoms with Crippen molar-refractivity contribution in [3.8, 4) is 0 Å². The molecule has 1 aromatic rings. The van der Waals surface area contributed by atoms with Crippen LogP contribution in [0.4, 0.5) is 5.69 Å². The third-order valence-corrected chi connectivity index (χ3v) is 4.71. The van der Waals surface area contributed by atoms with Crippen molar-refractivity contribution in [2.75, 3.05) is 11.6 Å². The number of anilines is 1. The van der Waals surface area contributed by atoms with Gasteiger partial charge in [0, 0.05) is 17.3 Å². The lowest BCUT2D eigenvalue weighted by Gasteiger charge is -2.39. The predicted molar refractivity (Wildman–Crippen MR) is 80.5 cm³/mol. The second-order valence-electron chi connectivity index (χ2n) is 5.81. The van der Waals surface area contributed by atoms with Crippen molar-refractivity contribution < 1.29 is 0 Å². The Hall–Kier alpha value is -1.51. The molecule has 0 spiro atoms. The van der Waals surface area contributed by atoms with E-state index in [1.165, 1.54) is 37.8 Å². The van der Waals surface area contributed by atoms with Gasteiger partial charge in [-0.2, -0.15) is 0 Å². The molecule has 2 N–H and O–H groups in total. The first-order chi connectivity index (χ1) is 9.27. The van der Waals surface area contributed by atoms with Crippen molar-refractivity contribution in [3.05, 3.63) is 29.8 Å². The molecule has 1 fully saturated rings. The van der Waals surface area contributed by atoms with E-state index in [4.69, 9.17) is 5.73 Å². The van der Waals surface area contributed by atoms with E-state index in [9.17, 15) is 0 Å². The van der Waals surface area contributed by atoms with Gasteiger partial charge in [-0.1, -0.05) is 31.4 Å². The summed E-state index contributed by atoms with van der Waals surface area (Å²) in [5.74, 6) is 1.49. The zero-order chi connectivity index (χ0) is 13.2. The smallest absolute Gasteiger partial charge is 0.129 e. The molecular formula is C16H23N3. The highest BCUT2D eigenvalue weighted by Crippen LogP contribution is 2.33. The molecule has 0 amide bonds. The lowest BCUT2D eigenvalue weighted by Crippen LogP contribution is -2.43. The van der Waals surface area contributed by atoms with Gasteiger partial charge in [0.05, 0.1) is 0 Å². The molecule has 102 valence electrons. The number of para-hydroxylation sites is 1. The highest BCUT2D eigenvalue weighted by Gasteiger charge is 2.28. The quantitative estimate of drug-likeness (QED) is 0.884. The zero-order valence-corrected chi connectivity index (χ0v) is 11.7. The average Bonchev–Trinajstić information content (AvgIpc) is 2.48. The van der Waals surface area contributed by atoms with Gasteiger partial charge in [0.1, 0.15) is 12.5 Å². The summed E-state index contributed by atoms with van der Waals surface area (Å²) in [6, 6.07) is 8.94. The van der Waals surface area contributed by atoms with Crippen molar-refractivity contribution in [2.24, 2.45) is 16.6 Å². The maximum absolute atomic E-state index is 6.01. The second kappa shape index (κ2) is 5.24. The molecule has 1 aromatic carbocycles. The molecule has 3 rings (SSSR count). The van der Waals surface area contributed by atoms with Gasteiger partial charge in [0.2, 0.25) is 0 Å². The first kappa shape index (κ1) is 12.5. The van der Waals surface area contributed by atoms with Crippen molar-refractivity contribution in [1.29, 1.82) is 0 Å². The molecule has 1 unspecified atom stereocenters. The number of aliphatic imine (C=N–C) groups is 1. The largest absolute Gasteiger partial charge is 0.383 e. The number of amidine groups is 1. The fourth-order valence-corrected chi connectivity index (χ4v) is 3.47. The van der Waals surface area contributed by atoms with E-state index in [1.54, 1.807) is 0 Å². The number of nitrogens with zero attached hydrogens (tertiary/aromatic N) is 2. The molecular weight excluding hydrogens is 234 g/mol. The lowest BCUT2D eigenvalue weighted by molar-refractivity contribution is 0.305. The molecule has 0 saturated heterocycles. The van der Waals surface area contributed by atoms with E-state index in [1.807, 2.05) is 6.07 Å². The summed E-state index contributed by atoms with van der Waals surface area (Å²) in [6.07, 6.45) is 6.90. The normalized spacial score (nSPS) is 21.7. The van der Waals surface area contributed by atoms with E-state index >= 15 is 0 Å². The zero-order valence-electron chi connectivity index (χ0n) is 11.7. The maximum Gasteiger partial charge on any atom is 0.129 e. The summed E-state index contributed by atoms with van der Waals surface area (Å²) >= 11 is 0. The molecule has 1 aliphatic carbocycles. The lowest BCUT2D eigenvalue weighted by atomic mass is 9.83. The maximum atomic E-state index is 6.01. The molecule has 0 bridgehead atoms. The topological polar surface area (TPSA) is 41.6 Å². The first-order valence-corrected chi connectivity index (χ1v) is 7.43. The molecule has 1 aliphatic heterocycles. The predicted octanol–water partition coefficient (Wildman–Crippen LogP) is 3.14. The molecule has 1 heterocycles. The summed E-state index contributed by atoms with van der Waals surface area (Å²) in [5, 5.41) is 0. The minimum Gasteiger partial charge on any atom is -0.383 e.